The SMILES string of the molecule is [B]N(C(=O)C1CCN(C)C1)c1ncccc1O. The van der Waals surface area contributed by atoms with Gasteiger partial charge in [-0.2, -0.15) is 0 Å². The van der Waals surface area contributed by atoms with Gasteiger partial charge in [0.05, 0.1) is 5.92 Å². The third-order valence-electron chi connectivity index (χ3n) is 2.97. The zero-order chi connectivity index (χ0) is 12.4. The van der Waals surface area contributed by atoms with Gasteiger partial charge in [0, 0.05) is 12.7 Å². The molecule has 2 rings (SSSR count). The van der Waals surface area contributed by atoms with Gasteiger partial charge in [-0.3, -0.25) is 4.79 Å². The monoisotopic (exact) mass is 231 g/mol. The quantitative estimate of drug-likeness (QED) is 0.736. The summed E-state index contributed by atoms with van der Waals surface area (Å²) in [6.45, 7) is 1.58. The first-order valence-electron chi connectivity index (χ1n) is 5.51. The molecular formula is C11H14BN3O2. The van der Waals surface area contributed by atoms with Crippen LogP contribution in [0.25, 0.3) is 0 Å². The normalized spacial score (nSPS) is 20.4. The number of anilines is 1. The van der Waals surface area contributed by atoms with E-state index in [1.165, 1.54) is 12.3 Å². The Hall–Kier alpha value is -1.56. The lowest BCUT2D eigenvalue weighted by Crippen LogP contribution is -2.35. The van der Waals surface area contributed by atoms with Crippen LogP contribution in [-0.2, 0) is 4.79 Å². The zero-order valence-electron chi connectivity index (χ0n) is 9.71. The Morgan fingerprint density at radius 1 is 1.71 bits per heavy atom. The van der Waals surface area contributed by atoms with Crippen molar-refractivity contribution in [2.24, 2.45) is 5.92 Å². The minimum absolute atomic E-state index is 0.0882. The van der Waals surface area contributed by atoms with Crippen LogP contribution in [0.15, 0.2) is 18.3 Å². The molecule has 88 valence electrons. The Morgan fingerprint density at radius 3 is 3.06 bits per heavy atom. The predicted octanol–water partition coefficient (Wildman–Crippen LogP) is 0.155. The van der Waals surface area contributed by atoms with Crippen molar-refractivity contribution in [3.63, 3.8) is 0 Å². The van der Waals surface area contributed by atoms with E-state index in [0.717, 1.165) is 17.8 Å². The van der Waals surface area contributed by atoms with Gasteiger partial charge in [-0.15, -0.1) is 0 Å². The van der Waals surface area contributed by atoms with Gasteiger partial charge in [-0.05, 0) is 32.1 Å². The largest absolute Gasteiger partial charge is 0.504 e. The Labute approximate surface area is 101 Å². The van der Waals surface area contributed by atoms with E-state index in [1.54, 1.807) is 6.07 Å². The van der Waals surface area contributed by atoms with Crippen LogP contribution < -0.4 is 4.81 Å². The van der Waals surface area contributed by atoms with Gasteiger partial charge in [0.15, 0.2) is 11.6 Å². The number of carbonyl (C=O) groups is 1. The molecule has 2 radical (unpaired) electrons. The highest BCUT2D eigenvalue weighted by Crippen LogP contribution is 2.25. The Balaban J connectivity index is 2.12. The van der Waals surface area contributed by atoms with Crippen LogP contribution in [0.3, 0.4) is 0 Å². The molecule has 1 saturated heterocycles. The number of amides is 1. The average Bonchev–Trinajstić information content (AvgIpc) is 2.75. The van der Waals surface area contributed by atoms with Crippen LogP contribution in [0.1, 0.15) is 6.42 Å². The number of carbonyl (C=O) groups excluding carboxylic acids is 1. The first-order valence-corrected chi connectivity index (χ1v) is 5.51. The molecular weight excluding hydrogens is 217 g/mol. The van der Waals surface area contributed by atoms with Crippen LogP contribution >= 0.6 is 0 Å². The molecule has 1 aromatic rings. The van der Waals surface area contributed by atoms with E-state index in [4.69, 9.17) is 7.98 Å². The minimum atomic E-state index is -0.205. The van der Waals surface area contributed by atoms with Crippen molar-refractivity contribution in [2.75, 3.05) is 24.9 Å². The summed E-state index contributed by atoms with van der Waals surface area (Å²) in [5.41, 5.74) is 0. The molecule has 0 aliphatic carbocycles. The maximum absolute atomic E-state index is 12.1. The van der Waals surface area contributed by atoms with Gasteiger partial charge in [0.2, 0.25) is 13.9 Å². The number of hydrogen-bond donors (Lipinski definition) is 1. The van der Waals surface area contributed by atoms with E-state index >= 15 is 0 Å². The van der Waals surface area contributed by atoms with Gasteiger partial charge >= 0.3 is 0 Å². The summed E-state index contributed by atoms with van der Waals surface area (Å²) in [5, 5.41) is 9.58. The lowest BCUT2D eigenvalue weighted by Gasteiger charge is -2.21. The molecule has 0 bridgehead atoms. The van der Waals surface area contributed by atoms with Crippen LogP contribution in [0, 0.1) is 5.92 Å². The van der Waals surface area contributed by atoms with Gasteiger partial charge in [0.25, 0.3) is 0 Å². The summed E-state index contributed by atoms with van der Waals surface area (Å²) in [4.78, 5) is 19.0. The third-order valence-corrected chi connectivity index (χ3v) is 2.97. The number of hydrogen-bond acceptors (Lipinski definition) is 4. The molecule has 1 aliphatic rings. The molecule has 1 unspecified atom stereocenters. The van der Waals surface area contributed by atoms with E-state index < -0.39 is 0 Å². The second-order valence-corrected chi connectivity index (χ2v) is 4.30. The molecule has 1 atom stereocenters. The van der Waals surface area contributed by atoms with Crippen LogP contribution in [-0.4, -0.2) is 49.0 Å². The highest BCUT2D eigenvalue weighted by molar-refractivity contribution is 6.31. The van der Waals surface area contributed by atoms with Crippen LogP contribution in [0.5, 0.6) is 5.75 Å². The Bertz CT molecular complexity index is 427. The number of pyridine rings is 1. The number of aromatic nitrogens is 1. The maximum Gasteiger partial charge on any atom is 0.240 e. The van der Waals surface area contributed by atoms with Crippen molar-refractivity contribution in [1.82, 2.24) is 9.88 Å². The molecule has 2 heterocycles. The molecule has 0 aromatic carbocycles. The van der Waals surface area contributed by atoms with Gasteiger partial charge in [0.1, 0.15) is 0 Å². The molecule has 0 saturated carbocycles. The molecule has 6 heteroatoms. The minimum Gasteiger partial charge on any atom is -0.504 e. The number of rotatable bonds is 2. The average molecular weight is 231 g/mol. The van der Waals surface area contributed by atoms with Gasteiger partial charge in [-0.25, -0.2) is 4.98 Å². The van der Waals surface area contributed by atoms with Crippen molar-refractivity contribution in [3.8, 4) is 5.75 Å². The van der Waals surface area contributed by atoms with E-state index in [0.29, 0.717) is 6.54 Å². The van der Waals surface area contributed by atoms with Crippen molar-refractivity contribution < 1.29 is 9.90 Å². The number of aromatic hydroxyl groups is 1. The fourth-order valence-electron chi connectivity index (χ4n) is 2.01. The first kappa shape index (κ1) is 11.9. The van der Waals surface area contributed by atoms with E-state index in [9.17, 15) is 9.90 Å². The van der Waals surface area contributed by atoms with Crippen LogP contribution in [0.2, 0.25) is 0 Å². The molecule has 5 nitrogen and oxygen atoms in total. The third kappa shape index (κ3) is 2.41. The van der Waals surface area contributed by atoms with Crippen molar-refractivity contribution >= 4 is 19.7 Å². The summed E-state index contributed by atoms with van der Waals surface area (Å²) in [5.74, 6) is -0.309. The van der Waals surface area contributed by atoms with Crippen molar-refractivity contribution in [2.45, 2.75) is 6.42 Å². The number of likely N-dealkylation sites (tertiary alicyclic amines) is 1. The molecule has 1 aromatic heterocycles. The smallest absolute Gasteiger partial charge is 0.240 e. The topological polar surface area (TPSA) is 56.7 Å². The first-order chi connectivity index (χ1) is 8.09. The van der Waals surface area contributed by atoms with Crippen molar-refractivity contribution in [1.29, 1.82) is 0 Å². The summed E-state index contributed by atoms with van der Waals surface area (Å²) in [6, 6.07) is 3.04. The predicted molar refractivity (Wildman–Crippen MR) is 64.7 cm³/mol. The van der Waals surface area contributed by atoms with Gasteiger partial charge in [-0.1, -0.05) is 0 Å². The van der Waals surface area contributed by atoms with Gasteiger partial charge < -0.3 is 14.8 Å². The second-order valence-electron chi connectivity index (χ2n) is 4.30. The highest BCUT2D eigenvalue weighted by Gasteiger charge is 2.29. The summed E-state index contributed by atoms with van der Waals surface area (Å²) < 4.78 is 0. The van der Waals surface area contributed by atoms with Crippen molar-refractivity contribution in [3.05, 3.63) is 18.3 Å². The summed E-state index contributed by atoms with van der Waals surface area (Å²) in [6.07, 6.45) is 2.28. The van der Waals surface area contributed by atoms with E-state index in [2.05, 4.69) is 9.88 Å². The molecule has 1 aliphatic heterocycles. The molecule has 0 spiro atoms. The molecule has 1 N–H and O–H groups in total. The lowest BCUT2D eigenvalue weighted by atomic mass is 10.1. The summed E-state index contributed by atoms with van der Waals surface area (Å²) in [7, 11) is 7.67. The van der Waals surface area contributed by atoms with E-state index in [-0.39, 0.29) is 23.4 Å². The molecule has 1 fully saturated rings. The fraction of sp³-hybridized carbons (Fsp3) is 0.455. The standard InChI is InChI=1S/C11H14BN3O2/c1-14-6-4-8(7-14)11(17)15(12)10-9(16)3-2-5-13-10/h2-3,5,8,16H,4,6-7H2,1H3. The maximum atomic E-state index is 12.1. The second kappa shape index (κ2) is 4.75. The zero-order valence-corrected chi connectivity index (χ0v) is 9.71. The Kier molecular flexibility index (Phi) is 3.33. The number of nitrogens with zero attached hydrogens (tertiary/aromatic N) is 3. The summed E-state index contributed by atoms with van der Waals surface area (Å²) >= 11 is 0. The highest BCUT2D eigenvalue weighted by atomic mass is 16.3. The lowest BCUT2D eigenvalue weighted by molar-refractivity contribution is -0.120. The molecule has 17 heavy (non-hydrogen) atoms. The molecule has 1 amide bonds. The van der Waals surface area contributed by atoms with Crippen LogP contribution in [0.4, 0.5) is 5.82 Å². The fourth-order valence-corrected chi connectivity index (χ4v) is 2.01. The Morgan fingerprint density at radius 2 is 2.47 bits per heavy atom. The van der Waals surface area contributed by atoms with E-state index in [1.807, 2.05) is 7.05 Å².